The Bertz CT molecular complexity index is 842. The highest BCUT2D eigenvalue weighted by Crippen LogP contribution is 2.28. The van der Waals surface area contributed by atoms with Crippen molar-refractivity contribution in [3.05, 3.63) is 63.6 Å². The molecule has 0 spiro atoms. The van der Waals surface area contributed by atoms with Crippen molar-refractivity contribution in [1.82, 2.24) is 5.17 Å². The highest BCUT2D eigenvalue weighted by Gasteiger charge is 2.27. The van der Waals surface area contributed by atoms with Gasteiger partial charge in [-0.25, -0.2) is 13.6 Å². The van der Waals surface area contributed by atoms with Gasteiger partial charge in [0.1, 0.15) is 18.2 Å². The second-order valence-corrected chi connectivity index (χ2v) is 5.83. The molecule has 0 amide bonds. The lowest BCUT2D eigenvalue weighted by Gasteiger charge is -2.26. The number of hydrazone groups is 1. The van der Waals surface area contributed by atoms with Crippen LogP contribution in [0.15, 0.2) is 46.0 Å². The second kappa shape index (κ2) is 6.56. The fourth-order valence-corrected chi connectivity index (χ4v) is 2.51. The number of halogens is 3. The van der Waals surface area contributed by atoms with Crippen LogP contribution in [0.2, 0.25) is 0 Å². The molecule has 3 rings (SSSR count). The molecule has 5 nitrogen and oxygen atoms in total. The summed E-state index contributed by atoms with van der Waals surface area (Å²) >= 11 is 3.18. The van der Waals surface area contributed by atoms with E-state index in [2.05, 4.69) is 25.8 Å². The Morgan fingerprint density at radius 3 is 2.79 bits per heavy atom. The zero-order valence-corrected chi connectivity index (χ0v) is 14.0. The molecule has 1 aliphatic heterocycles. The molecule has 2 aromatic rings. The first kappa shape index (κ1) is 16.4. The maximum atomic E-state index is 14.0. The number of carbonyl (C=O) groups excluding carboxylic acids is 1. The number of rotatable bonds is 3. The predicted octanol–water partition coefficient (Wildman–Crippen LogP) is 3.41. The molecule has 0 N–H and O–H groups in total. The van der Waals surface area contributed by atoms with Gasteiger partial charge in [0.25, 0.3) is 0 Å². The normalized spacial score (nSPS) is 13.0. The highest BCUT2D eigenvalue weighted by atomic mass is 79.9. The van der Waals surface area contributed by atoms with E-state index in [-0.39, 0.29) is 23.6 Å². The fraction of sp³-hybridized carbons (Fsp3) is 0.125. The van der Waals surface area contributed by atoms with Crippen LogP contribution in [-0.4, -0.2) is 24.0 Å². The van der Waals surface area contributed by atoms with Gasteiger partial charge in [0.15, 0.2) is 11.5 Å². The number of hydrogen-bond acceptors (Lipinski definition) is 5. The zero-order valence-electron chi connectivity index (χ0n) is 12.4. The summed E-state index contributed by atoms with van der Waals surface area (Å²) < 4.78 is 32.7. The Labute approximate surface area is 144 Å². The fourth-order valence-electron chi connectivity index (χ4n) is 2.18. The van der Waals surface area contributed by atoms with Crippen LogP contribution < -0.4 is 4.84 Å². The Hall–Kier alpha value is -2.48. The van der Waals surface area contributed by atoms with Gasteiger partial charge in [0, 0.05) is 10.0 Å². The molecule has 1 heterocycles. The molecular weight excluding hydrogens is 386 g/mol. The SMILES string of the molecule is COC(=O)C1=NN(Cc2ccc(Br)cc2F)Oc2ccc(F)cc21. The Morgan fingerprint density at radius 1 is 1.29 bits per heavy atom. The smallest absolute Gasteiger partial charge is 0.359 e. The summed E-state index contributed by atoms with van der Waals surface area (Å²) in [4.78, 5) is 17.4. The number of benzene rings is 2. The van der Waals surface area contributed by atoms with Gasteiger partial charge in [0.05, 0.1) is 12.7 Å². The van der Waals surface area contributed by atoms with Crippen molar-refractivity contribution in [3.63, 3.8) is 0 Å². The molecule has 0 aliphatic carbocycles. The van der Waals surface area contributed by atoms with E-state index in [9.17, 15) is 13.6 Å². The molecule has 2 aromatic carbocycles. The number of hydrogen-bond donors (Lipinski definition) is 0. The van der Waals surface area contributed by atoms with Gasteiger partial charge in [0.2, 0.25) is 0 Å². The number of nitrogens with zero attached hydrogens (tertiary/aromatic N) is 2. The van der Waals surface area contributed by atoms with Crippen LogP contribution in [0.5, 0.6) is 5.75 Å². The molecular formula is C16H11BrF2N2O3. The Balaban J connectivity index is 1.96. The van der Waals surface area contributed by atoms with Crippen LogP contribution in [0, 0.1) is 11.6 Å². The van der Waals surface area contributed by atoms with Gasteiger partial charge in [-0.05, 0) is 30.3 Å². The molecule has 0 fully saturated rings. The zero-order chi connectivity index (χ0) is 17.3. The van der Waals surface area contributed by atoms with Gasteiger partial charge < -0.3 is 9.57 Å². The Morgan fingerprint density at radius 2 is 2.08 bits per heavy atom. The van der Waals surface area contributed by atoms with Crippen molar-refractivity contribution < 1.29 is 23.1 Å². The maximum absolute atomic E-state index is 14.0. The van der Waals surface area contributed by atoms with E-state index >= 15 is 0 Å². The average molecular weight is 397 g/mol. The van der Waals surface area contributed by atoms with Crippen molar-refractivity contribution in [1.29, 1.82) is 0 Å². The van der Waals surface area contributed by atoms with E-state index in [1.165, 1.54) is 25.3 Å². The lowest BCUT2D eigenvalue weighted by atomic mass is 10.1. The summed E-state index contributed by atoms with van der Waals surface area (Å²) in [5.41, 5.74) is 0.377. The minimum absolute atomic E-state index is 0.0452. The Kier molecular flexibility index (Phi) is 4.48. The third kappa shape index (κ3) is 3.23. The first-order chi connectivity index (χ1) is 11.5. The summed E-state index contributed by atoms with van der Waals surface area (Å²) in [6, 6.07) is 8.24. The molecule has 8 heteroatoms. The summed E-state index contributed by atoms with van der Waals surface area (Å²) in [5, 5.41) is 5.06. The minimum atomic E-state index is -0.744. The number of fused-ring (bicyclic) bond motifs is 1. The van der Waals surface area contributed by atoms with Crippen LogP contribution >= 0.6 is 15.9 Å². The van der Waals surface area contributed by atoms with E-state index in [4.69, 9.17) is 4.84 Å². The molecule has 0 unspecified atom stereocenters. The molecule has 0 saturated heterocycles. The monoisotopic (exact) mass is 396 g/mol. The van der Waals surface area contributed by atoms with Gasteiger partial charge in [-0.15, -0.1) is 10.3 Å². The van der Waals surface area contributed by atoms with Gasteiger partial charge in [-0.3, -0.25) is 0 Å². The van der Waals surface area contributed by atoms with Crippen molar-refractivity contribution in [2.24, 2.45) is 5.10 Å². The van der Waals surface area contributed by atoms with Crippen molar-refractivity contribution in [3.8, 4) is 5.75 Å². The third-order valence-corrected chi connectivity index (χ3v) is 3.80. The van der Waals surface area contributed by atoms with Gasteiger partial charge in [-0.1, -0.05) is 22.0 Å². The topological polar surface area (TPSA) is 51.1 Å². The molecule has 1 aliphatic rings. The predicted molar refractivity (Wildman–Crippen MR) is 85.2 cm³/mol. The number of carbonyl (C=O) groups is 1. The first-order valence-electron chi connectivity index (χ1n) is 6.84. The molecule has 0 atom stereocenters. The molecule has 0 aromatic heterocycles. The summed E-state index contributed by atoms with van der Waals surface area (Å²) in [6.45, 7) is -0.0452. The average Bonchev–Trinajstić information content (AvgIpc) is 2.56. The molecule has 124 valence electrons. The quantitative estimate of drug-likeness (QED) is 0.745. The second-order valence-electron chi connectivity index (χ2n) is 4.92. The number of esters is 1. The van der Waals surface area contributed by atoms with E-state index in [1.807, 2.05) is 0 Å². The van der Waals surface area contributed by atoms with E-state index in [1.54, 1.807) is 12.1 Å². The number of methoxy groups -OCH3 is 1. The van der Waals surface area contributed by atoms with Crippen LogP contribution in [0.1, 0.15) is 11.1 Å². The largest absolute Gasteiger partial charge is 0.464 e. The van der Waals surface area contributed by atoms with E-state index in [0.29, 0.717) is 10.0 Å². The summed E-state index contributed by atoms with van der Waals surface area (Å²) in [6.07, 6.45) is 0. The summed E-state index contributed by atoms with van der Waals surface area (Å²) in [7, 11) is 1.19. The number of hydroxylamine groups is 1. The maximum Gasteiger partial charge on any atom is 0.359 e. The standard InChI is InChI=1S/C16H11BrF2N2O3/c1-23-16(22)15-12-7-11(18)4-5-14(12)24-21(20-15)8-9-2-3-10(17)6-13(9)19/h2-7H,8H2,1H3. The van der Waals surface area contributed by atoms with Crippen LogP contribution in [0.4, 0.5) is 8.78 Å². The van der Waals surface area contributed by atoms with Crippen molar-refractivity contribution in [2.45, 2.75) is 6.54 Å². The molecule has 24 heavy (non-hydrogen) atoms. The highest BCUT2D eigenvalue weighted by molar-refractivity contribution is 9.10. The summed E-state index contributed by atoms with van der Waals surface area (Å²) in [5.74, 6) is -1.51. The molecule has 0 bridgehead atoms. The lowest BCUT2D eigenvalue weighted by Crippen LogP contribution is -2.32. The van der Waals surface area contributed by atoms with Crippen LogP contribution in [-0.2, 0) is 16.1 Å². The van der Waals surface area contributed by atoms with E-state index in [0.717, 1.165) is 11.2 Å². The number of ether oxygens (including phenoxy) is 1. The van der Waals surface area contributed by atoms with Crippen molar-refractivity contribution in [2.75, 3.05) is 7.11 Å². The first-order valence-corrected chi connectivity index (χ1v) is 7.63. The van der Waals surface area contributed by atoms with Crippen molar-refractivity contribution >= 4 is 27.6 Å². The third-order valence-electron chi connectivity index (χ3n) is 3.31. The van der Waals surface area contributed by atoms with Gasteiger partial charge in [-0.2, -0.15) is 0 Å². The van der Waals surface area contributed by atoms with E-state index < -0.39 is 17.6 Å². The minimum Gasteiger partial charge on any atom is -0.464 e. The lowest BCUT2D eigenvalue weighted by molar-refractivity contribution is -0.133. The van der Waals surface area contributed by atoms with Crippen LogP contribution in [0.3, 0.4) is 0 Å². The van der Waals surface area contributed by atoms with Crippen LogP contribution in [0.25, 0.3) is 0 Å². The molecule has 0 radical (unpaired) electrons. The molecule has 0 saturated carbocycles. The van der Waals surface area contributed by atoms with Gasteiger partial charge >= 0.3 is 5.97 Å².